The quantitative estimate of drug-likeness (QED) is 0.627. The van der Waals surface area contributed by atoms with E-state index < -0.39 is 4.92 Å². The van der Waals surface area contributed by atoms with Crippen LogP contribution < -0.4 is 0 Å². The van der Waals surface area contributed by atoms with Crippen LogP contribution in [0.5, 0.6) is 0 Å². The van der Waals surface area contributed by atoms with Crippen molar-refractivity contribution in [2.24, 2.45) is 0 Å². The fourth-order valence-corrected chi connectivity index (χ4v) is 2.52. The number of aryl methyl sites for hydroxylation is 1. The van der Waals surface area contributed by atoms with Gasteiger partial charge in [0.15, 0.2) is 0 Å². The summed E-state index contributed by atoms with van der Waals surface area (Å²) in [7, 11) is 1.72. The van der Waals surface area contributed by atoms with Crippen LogP contribution in [0.15, 0.2) is 30.3 Å². The van der Waals surface area contributed by atoms with Crippen molar-refractivity contribution >= 4 is 11.6 Å². The third kappa shape index (κ3) is 3.39. The third-order valence-corrected chi connectivity index (χ3v) is 4.07. The molecule has 7 heteroatoms. The topological polar surface area (TPSA) is 81.3 Å². The Hall–Kier alpha value is -2.70. The number of carbonyl (C=O) groups is 1. The number of nitrogens with zero attached hydrogens (tertiary/aromatic N) is 4. The van der Waals surface area contributed by atoms with Gasteiger partial charge in [0.1, 0.15) is 17.9 Å². The fourth-order valence-electron chi connectivity index (χ4n) is 2.52. The number of aromatic nitrogens is 2. The maximum atomic E-state index is 12.5. The van der Waals surface area contributed by atoms with Crippen LogP contribution >= 0.6 is 0 Å². The van der Waals surface area contributed by atoms with Crippen molar-refractivity contribution in [1.82, 2.24) is 14.7 Å². The molecule has 0 bridgehead atoms. The summed E-state index contributed by atoms with van der Waals surface area (Å²) in [6.45, 7) is 5.10. The van der Waals surface area contributed by atoms with E-state index in [1.165, 1.54) is 4.68 Å². The largest absolute Gasteiger partial charge is 0.337 e. The monoisotopic (exact) mass is 316 g/mol. The molecule has 2 rings (SSSR count). The SMILES string of the molecule is Cc1nn(CC(=O)N(C)C(C)c2ccccc2)c(C)c1[N+](=O)[O-]. The Balaban J connectivity index is 2.16. The van der Waals surface area contributed by atoms with Crippen LogP contribution in [0, 0.1) is 24.0 Å². The summed E-state index contributed by atoms with van der Waals surface area (Å²) < 4.78 is 1.39. The van der Waals surface area contributed by atoms with Crippen LogP contribution in [-0.2, 0) is 11.3 Å². The van der Waals surface area contributed by atoms with Gasteiger partial charge < -0.3 is 4.90 Å². The molecule has 1 atom stereocenters. The van der Waals surface area contributed by atoms with Crippen molar-refractivity contribution in [3.8, 4) is 0 Å². The summed E-state index contributed by atoms with van der Waals surface area (Å²) in [5, 5.41) is 15.1. The fraction of sp³-hybridized carbons (Fsp3) is 0.375. The summed E-state index contributed by atoms with van der Waals surface area (Å²) in [5.41, 5.74) is 1.71. The number of rotatable bonds is 5. The molecule has 0 spiro atoms. The molecule has 1 aromatic carbocycles. The van der Waals surface area contributed by atoms with Gasteiger partial charge >= 0.3 is 5.69 Å². The van der Waals surface area contributed by atoms with Crippen LogP contribution in [0.4, 0.5) is 5.69 Å². The molecule has 122 valence electrons. The van der Waals surface area contributed by atoms with Gasteiger partial charge in [0.2, 0.25) is 5.91 Å². The Bertz CT molecular complexity index is 724. The van der Waals surface area contributed by atoms with Gasteiger partial charge in [0, 0.05) is 7.05 Å². The van der Waals surface area contributed by atoms with Crippen molar-refractivity contribution < 1.29 is 9.72 Å². The first kappa shape index (κ1) is 16.7. The summed E-state index contributed by atoms with van der Waals surface area (Å²) in [6, 6.07) is 9.61. The molecule has 0 radical (unpaired) electrons. The third-order valence-electron chi connectivity index (χ3n) is 4.07. The highest BCUT2D eigenvalue weighted by molar-refractivity contribution is 5.76. The van der Waals surface area contributed by atoms with Crippen LogP contribution in [0.2, 0.25) is 0 Å². The second-order valence-corrected chi connectivity index (χ2v) is 5.53. The van der Waals surface area contributed by atoms with Crippen molar-refractivity contribution in [3.63, 3.8) is 0 Å². The number of amides is 1. The predicted octanol–water partition coefficient (Wildman–Crippen LogP) is 2.63. The van der Waals surface area contributed by atoms with Crippen molar-refractivity contribution in [2.45, 2.75) is 33.4 Å². The first-order chi connectivity index (χ1) is 10.8. The lowest BCUT2D eigenvalue weighted by atomic mass is 10.1. The zero-order valence-electron chi connectivity index (χ0n) is 13.7. The summed E-state index contributed by atoms with van der Waals surface area (Å²) in [5.74, 6) is -0.151. The van der Waals surface area contributed by atoms with Gasteiger partial charge in [-0.15, -0.1) is 0 Å². The first-order valence-corrected chi connectivity index (χ1v) is 7.32. The minimum absolute atomic E-state index is 0.0197. The van der Waals surface area contributed by atoms with Crippen LogP contribution in [0.25, 0.3) is 0 Å². The van der Waals surface area contributed by atoms with E-state index >= 15 is 0 Å². The number of hydrogen-bond acceptors (Lipinski definition) is 4. The Morgan fingerprint density at radius 3 is 2.48 bits per heavy atom. The Labute approximate surface area is 134 Å². The molecular weight excluding hydrogens is 296 g/mol. The van der Waals surface area contributed by atoms with E-state index in [9.17, 15) is 14.9 Å². The van der Waals surface area contributed by atoms with E-state index in [-0.39, 0.29) is 24.2 Å². The van der Waals surface area contributed by atoms with E-state index in [4.69, 9.17) is 0 Å². The van der Waals surface area contributed by atoms with E-state index in [0.29, 0.717) is 11.4 Å². The van der Waals surface area contributed by atoms with Gasteiger partial charge in [-0.2, -0.15) is 5.10 Å². The predicted molar refractivity (Wildman–Crippen MR) is 86.0 cm³/mol. The maximum Gasteiger partial charge on any atom is 0.312 e. The van der Waals surface area contributed by atoms with E-state index in [0.717, 1.165) is 5.56 Å². The van der Waals surface area contributed by atoms with Gasteiger partial charge in [-0.25, -0.2) is 0 Å². The molecule has 0 N–H and O–H groups in total. The molecule has 0 saturated carbocycles. The lowest BCUT2D eigenvalue weighted by Gasteiger charge is -2.25. The maximum absolute atomic E-state index is 12.5. The Kier molecular flexibility index (Phi) is 4.78. The summed E-state index contributed by atoms with van der Waals surface area (Å²) in [6.07, 6.45) is 0. The molecule has 1 heterocycles. The van der Waals surface area contributed by atoms with E-state index in [1.807, 2.05) is 37.3 Å². The van der Waals surface area contributed by atoms with Gasteiger partial charge in [0.05, 0.1) is 11.0 Å². The minimum Gasteiger partial charge on any atom is -0.337 e. The van der Waals surface area contributed by atoms with Crippen molar-refractivity contribution in [3.05, 3.63) is 57.4 Å². The second-order valence-electron chi connectivity index (χ2n) is 5.53. The van der Waals surface area contributed by atoms with Gasteiger partial charge in [-0.3, -0.25) is 19.6 Å². The highest BCUT2D eigenvalue weighted by Gasteiger charge is 2.24. The molecule has 1 amide bonds. The van der Waals surface area contributed by atoms with Crippen molar-refractivity contribution in [1.29, 1.82) is 0 Å². The zero-order chi connectivity index (χ0) is 17.1. The average Bonchev–Trinajstić information content (AvgIpc) is 2.80. The highest BCUT2D eigenvalue weighted by atomic mass is 16.6. The summed E-state index contributed by atoms with van der Waals surface area (Å²) >= 11 is 0. The smallest absolute Gasteiger partial charge is 0.312 e. The first-order valence-electron chi connectivity index (χ1n) is 7.32. The molecule has 1 aromatic heterocycles. The molecule has 2 aromatic rings. The number of carbonyl (C=O) groups excluding carboxylic acids is 1. The molecule has 7 nitrogen and oxygen atoms in total. The van der Waals surface area contributed by atoms with E-state index in [2.05, 4.69) is 5.10 Å². The molecule has 0 aliphatic heterocycles. The van der Waals surface area contributed by atoms with Gasteiger partial charge in [0.25, 0.3) is 0 Å². The van der Waals surface area contributed by atoms with Crippen LogP contribution in [0.1, 0.15) is 29.9 Å². The van der Waals surface area contributed by atoms with Gasteiger partial charge in [-0.1, -0.05) is 30.3 Å². The Morgan fingerprint density at radius 1 is 1.35 bits per heavy atom. The molecule has 0 saturated heterocycles. The van der Waals surface area contributed by atoms with Gasteiger partial charge in [-0.05, 0) is 26.3 Å². The molecular formula is C16H20N4O3. The molecule has 0 aliphatic carbocycles. The Morgan fingerprint density at radius 2 is 1.96 bits per heavy atom. The number of likely N-dealkylation sites (N-methyl/N-ethyl adjacent to an activating group) is 1. The number of hydrogen-bond donors (Lipinski definition) is 0. The standard InChI is InChI=1S/C16H20N4O3/c1-11-16(20(22)23)13(3)19(17-11)10-15(21)18(4)12(2)14-8-6-5-7-9-14/h5-9,12H,10H2,1-4H3. The normalized spacial score (nSPS) is 12.0. The minimum atomic E-state index is -0.463. The van der Waals surface area contributed by atoms with Crippen LogP contribution in [0.3, 0.4) is 0 Å². The molecule has 1 unspecified atom stereocenters. The lowest BCUT2D eigenvalue weighted by molar-refractivity contribution is -0.386. The zero-order valence-corrected chi connectivity index (χ0v) is 13.7. The number of nitro groups is 1. The second kappa shape index (κ2) is 6.60. The molecule has 0 fully saturated rings. The average molecular weight is 316 g/mol. The molecule has 23 heavy (non-hydrogen) atoms. The highest BCUT2D eigenvalue weighted by Crippen LogP contribution is 2.23. The van der Waals surface area contributed by atoms with Crippen molar-refractivity contribution in [2.75, 3.05) is 7.05 Å². The lowest BCUT2D eigenvalue weighted by Crippen LogP contribution is -2.33. The van der Waals surface area contributed by atoms with Crippen LogP contribution in [-0.4, -0.2) is 32.6 Å². The van der Waals surface area contributed by atoms with E-state index in [1.54, 1.807) is 25.8 Å². The molecule has 0 aliphatic rings. The number of benzene rings is 1. The summed E-state index contributed by atoms with van der Waals surface area (Å²) in [4.78, 5) is 24.7.